The lowest BCUT2D eigenvalue weighted by atomic mass is 10.4. The average Bonchev–Trinajstić information content (AvgIpc) is 2.09. The minimum absolute atomic E-state index is 0.0105. The zero-order valence-corrected chi connectivity index (χ0v) is 9.15. The average molecular weight is 231 g/mol. The monoisotopic (exact) mass is 230 g/mol. The Morgan fingerprint density at radius 2 is 2.33 bits per heavy atom. The second-order valence-corrected chi connectivity index (χ2v) is 3.46. The second kappa shape index (κ2) is 4.31. The fourth-order valence-corrected chi connectivity index (χ4v) is 1.34. The Morgan fingerprint density at radius 1 is 1.73 bits per heavy atom. The Morgan fingerprint density at radius 3 is 2.87 bits per heavy atom. The number of aromatic nitrogens is 2. The van der Waals surface area contributed by atoms with Crippen LogP contribution in [-0.4, -0.2) is 29.3 Å². The molecule has 0 spiro atoms. The Balaban J connectivity index is 3.09. The van der Waals surface area contributed by atoms with E-state index in [0.29, 0.717) is 5.82 Å². The van der Waals surface area contributed by atoms with Crippen LogP contribution >= 0.6 is 11.6 Å². The number of halogens is 1. The highest BCUT2D eigenvalue weighted by molar-refractivity contribution is 6.29. The molecule has 0 unspecified atom stereocenters. The van der Waals surface area contributed by atoms with E-state index < -0.39 is 5.91 Å². The van der Waals surface area contributed by atoms with Gasteiger partial charge in [0, 0.05) is 20.2 Å². The predicted molar refractivity (Wildman–Crippen MR) is 57.0 cm³/mol. The number of carbonyl (C=O) groups excluding carboxylic acids is 1. The Hall–Kier alpha value is -1.56. The number of hydrogen-bond acceptors (Lipinski definition) is 4. The van der Waals surface area contributed by atoms with Crippen molar-refractivity contribution in [1.82, 2.24) is 9.78 Å². The van der Waals surface area contributed by atoms with Crippen LogP contribution < -0.4 is 16.1 Å². The lowest BCUT2D eigenvalue weighted by Crippen LogP contribution is -2.33. The van der Waals surface area contributed by atoms with Gasteiger partial charge in [-0.3, -0.25) is 14.3 Å². The number of hydrogen-bond donors (Lipinski definition) is 1. The number of primary amides is 1. The van der Waals surface area contributed by atoms with Crippen molar-refractivity contribution in [2.75, 3.05) is 18.5 Å². The van der Waals surface area contributed by atoms with Gasteiger partial charge in [0.05, 0.1) is 6.54 Å². The molecule has 1 aromatic heterocycles. The first-order chi connectivity index (χ1) is 6.91. The van der Waals surface area contributed by atoms with Gasteiger partial charge in [0.2, 0.25) is 11.3 Å². The molecule has 82 valence electrons. The van der Waals surface area contributed by atoms with E-state index in [9.17, 15) is 9.59 Å². The molecule has 1 heterocycles. The van der Waals surface area contributed by atoms with Gasteiger partial charge in [-0.25, -0.2) is 0 Å². The van der Waals surface area contributed by atoms with Gasteiger partial charge in [0.25, 0.3) is 0 Å². The van der Waals surface area contributed by atoms with Gasteiger partial charge < -0.3 is 10.6 Å². The highest BCUT2D eigenvalue weighted by Gasteiger charge is 2.10. The summed E-state index contributed by atoms with van der Waals surface area (Å²) in [5.74, 6) is -0.0110. The summed E-state index contributed by atoms with van der Waals surface area (Å²) in [5.41, 5.74) is 4.65. The van der Waals surface area contributed by atoms with Crippen LogP contribution in [0, 0.1) is 0 Å². The molecule has 0 aliphatic rings. The number of anilines is 1. The molecular weight excluding hydrogens is 220 g/mol. The third-order valence-electron chi connectivity index (χ3n) is 1.82. The Kier molecular flexibility index (Phi) is 3.31. The minimum Gasteiger partial charge on any atom is -0.368 e. The van der Waals surface area contributed by atoms with Gasteiger partial charge in [0.1, 0.15) is 5.82 Å². The van der Waals surface area contributed by atoms with E-state index >= 15 is 0 Å². The normalized spacial score (nSPS) is 10.1. The summed E-state index contributed by atoms with van der Waals surface area (Å²) in [4.78, 5) is 23.4. The van der Waals surface area contributed by atoms with Crippen molar-refractivity contribution in [2.24, 2.45) is 12.8 Å². The van der Waals surface area contributed by atoms with Crippen LogP contribution in [0.4, 0.5) is 5.82 Å². The highest BCUT2D eigenvalue weighted by atomic mass is 35.5. The quantitative estimate of drug-likeness (QED) is 0.749. The lowest BCUT2D eigenvalue weighted by molar-refractivity contribution is -0.116. The summed E-state index contributed by atoms with van der Waals surface area (Å²) in [6, 6.07) is 1.30. The van der Waals surface area contributed by atoms with E-state index in [2.05, 4.69) is 5.10 Å². The molecule has 0 atom stereocenters. The third-order valence-corrected chi connectivity index (χ3v) is 2.08. The molecule has 0 aromatic carbocycles. The molecule has 0 radical (unpaired) electrons. The maximum atomic E-state index is 11.2. The summed E-state index contributed by atoms with van der Waals surface area (Å²) in [6.45, 7) is 0.0105. The van der Waals surface area contributed by atoms with Crippen molar-refractivity contribution < 1.29 is 4.79 Å². The van der Waals surface area contributed by atoms with Crippen molar-refractivity contribution in [3.8, 4) is 0 Å². The molecule has 0 aliphatic carbocycles. The smallest absolute Gasteiger partial charge is 0.236 e. The molecule has 1 aromatic rings. The van der Waals surface area contributed by atoms with Gasteiger partial charge in [-0.1, -0.05) is 11.6 Å². The fraction of sp³-hybridized carbons (Fsp3) is 0.375. The second-order valence-electron chi connectivity index (χ2n) is 3.10. The molecule has 0 aliphatic heterocycles. The lowest BCUT2D eigenvalue weighted by Gasteiger charge is -2.19. The number of amides is 1. The molecule has 15 heavy (non-hydrogen) atoms. The molecule has 0 saturated heterocycles. The first-order valence-corrected chi connectivity index (χ1v) is 4.53. The van der Waals surface area contributed by atoms with E-state index in [1.165, 1.54) is 15.6 Å². The van der Waals surface area contributed by atoms with Crippen molar-refractivity contribution in [2.45, 2.75) is 0 Å². The van der Waals surface area contributed by atoms with E-state index in [4.69, 9.17) is 17.3 Å². The van der Waals surface area contributed by atoms with Crippen LogP contribution in [0.2, 0.25) is 5.15 Å². The molecule has 0 bridgehead atoms. The van der Waals surface area contributed by atoms with Gasteiger partial charge in [-0.2, -0.15) is 5.10 Å². The van der Waals surface area contributed by atoms with Crippen molar-refractivity contribution in [1.29, 1.82) is 0 Å². The highest BCUT2D eigenvalue weighted by Crippen LogP contribution is 2.08. The molecule has 2 N–H and O–H groups in total. The summed E-state index contributed by atoms with van der Waals surface area (Å²) < 4.78 is 1.41. The molecular formula is C8H11ClN4O2. The molecule has 6 nitrogen and oxygen atoms in total. The van der Waals surface area contributed by atoms with E-state index in [0.717, 1.165) is 0 Å². The molecule has 1 rings (SSSR count). The number of carbonyl (C=O) groups is 1. The van der Waals surface area contributed by atoms with Crippen LogP contribution in [0.15, 0.2) is 10.9 Å². The van der Waals surface area contributed by atoms with Gasteiger partial charge in [-0.05, 0) is 0 Å². The van der Waals surface area contributed by atoms with Crippen molar-refractivity contribution in [3.05, 3.63) is 21.4 Å². The van der Waals surface area contributed by atoms with Gasteiger partial charge in [0.15, 0.2) is 5.15 Å². The molecule has 0 saturated carbocycles. The van der Waals surface area contributed by atoms with E-state index in [-0.39, 0.29) is 17.1 Å². The first kappa shape index (κ1) is 11.5. The summed E-state index contributed by atoms with van der Waals surface area (Å²) in [7, 11) is 3.26. The van der Waals surface area contributed by atoms with Crippen LogP contribution in [0.25, 0.3) is 0 Å². The number of aryl methyl sites for hydroxylation is 1. The van der Waals surface area contributed by atoms with E-state index in [1.54, 1.807) is 14.1 Å². The third kappa shape index (κ3) is 2.69. The largest absolute Gasteiger partial charge is 0.368 e. The van der Waals surface area contributed by atoms with Crippen molar-refractivity contribution >= 4 is 23.3 Å². The van der Waals surface area contributed by atoms with Gasteiger partial charge >= 0.3 is 0 Å². The fourth-order valence-electron chi connectivity index (χ4n) is 1.17. The predicted octanol–water partition coefficient (Wildman–Crippen LogP) is -0.645. The van der Waals surface area contributed by atoms with Crippen molar-refractivity contribution in [3.63, 3.8) is 0 Å². The number of likely N-dealkylation sites (N-methyl/N-ethyl adjacent to an activating group) is 1. The van der Waals surface area contributed by atoms with Gasteiger partial charge in [-0.15, -0.1) is 0 Å². The summed E-state index contributed by atoms with van der Waals surface area (Å²) in [6.07, 6.45) is 0. The Bertz CT molecular complexity index is 443. The SMILES string of the molecule is CN(CC(N)=O)c1cc(=O)c(Cl)nn1C. The Labute approximate surface area is 91.2 Å². The van der Waals surface area contributed by atoms with Crippen LogP contribution in [0.5, 0.6) is 0 Å². The number of nitrogens with zero attached hydrogens (tertiary/aromatic N) is 3. The summed E-state index contributed by atoms with van der Waals surface area (Å²) in [5, 5.41) is 3.67. The van der Waals surface area contributed by atoms with E-state index in [1.807, 2.05) is 0 Å². The zero-order chi connectivity index (χ0) is 11.6. The summed E-state index contributed by atoms with van der Waals surface area (Å²) >= 11 is 5.54. The van der Waals surface area contributed by atoms with Crippen LogP contribution in [0.1, 0.15) is 0 Å². The minimum atomic E-state index is -0.486. The number of rotatable bonds is 3. The first-order valence-electron chi connectivity index (χ1n) is 4.15. The van der Waals surface area contributed by atoms with Crippen LogP contribution in [-0.2, 0) is 11.8 Å². The standard InChI is InChI=1S/C8H11ClN4O2/c1-12(4-6(10)15)7-3-5(14)8(9)11-13(7)2/h3H,4H2,1-2H3,(H2,10,15). The number of nitrogens with two attached hydrogens (primary N) is 1. The maximum absolute atomic E-state index is 11.2. The zero-order valence-electron chi connectivity index (χ0n) is 8.40. The topological polar surface area (TPSA) is 81.2 Å². The van der Waals surface area contributed by atoms with Crippen LogP contribution in [0.3, 0.4) is 0 Å². The maximum Gasteiger partial charge on any atom is 0.236 e. The molecule has 0 fully saturated rings. The molecule has 1 amide bonds. The molecule has 7 heteroatoms.